The molecular formula is C15H27N3OS. The van der Waals surface area contributed by atoms with Gasteiger partial charge in [-0.15, -0.1) is 11.3 Å². The van der Waals surface area contributed by atoms with Crippen LogP contribution in [-0.4, -0.2) is 38.3 Å². The van der Waals surface area contributed by atoms with Crippen molar-refractivity contribution in [3.63, 3.8) is 0 Å². The Kier molecular flexibility index (Phi) is 6.26. The van der Waals surface area contributed by atoms with Gasteiger partial charge in [-0.2, -0.15) is 0 Å². The van der Waals surface area contributed by atoms with Gasteiger partial charge >= 0.3 is 0 Å². The van der Waals surface area contributed by atoms with Gasteiger partial charge in [-0.05, 0) is 38.6 Å². The third-order valence-corrected chi connectivity index (χ3v) is 5.17. The van der Waals surface area contributed by atoms with Gasteiger partial charge in [0.2, 0.25) is 0 Å². The fraction of sp³-hybridized carbons (Fsp3) is 0.800. The number of thiazole rings is 1. The highest BCUT2D eigenvalue weighted by Crippen LogP contribution is 2.30. The van der Waals surface area contributed by atoms with Gasteiger partial charge in [0.1, 0.15) is 0 Å². The zero-order chi connectivity index (χ0) is 14.4. The highest BCUT2D eigenvalue weighted by Gasteiger charge is 2.21. The largest absolute Gasteiger partial charge is 0.384 e. The van der Waals surface area contributed by atoms with Crippen molar-refractivity contribution >= 4 is 16.5 Å². The minimum atomic E-state index is 0.409. The summed E-state index contributed by atoms with van der Waals surface area (Å²) in [6.45, 7) is 8.60. The molecule has 1 N–H and O–H groups in total. The van der Waals surface area contributed by atoms with E-state index in [1.165, 1.54) is 29.3 Å². The topological polar surface area (TPSA) is 37.4 Å². The Bertz CT molecular complexity index is 388. The number of aromatic nitrogens is 1. The second-order valence-electron chi connectivity index (χ2n) is 5.61. The molecule has 1 atom stereocenters. The van der Waals surface area contributed by atoms with Crippen LogP contribution in [0.15, 0.2) is 6.20 Å². The first kappa shape index (κ1) is 15.7. The van der Waals surface area contributed by atoms with E-state index in [1.807, 2.05) is 17.5 Å². The summed E-state index contributed by atoms with van der Waals surface area (Å²) in [5, 5.41) is 4.71. The number of nitrogens with zero attached hydrogens (tertiary/aromatic N) is 2. The summed E-state index contributed by atoms with van der Waals surface area (Å²) in [7, 11) is 1.80. The van der Waals surface area contributed by atoms with Crippen molar-refractivity contribution in [1.82, 2.24) is 10.3 Å². The first-order valence-electron chi connectivity index (χ1n) is 7.67. The lowest BCUT2D eigenvalue weighted by Crippen LogP contribution is -2.34. The van der Waals surface area contributed by atoms with E-state index in [-0.39, 0.29) is 0 Å². The van der Waals surface area contributed by atoms with Crippen molar-refractivity contribution in [3.8, 4) is 0 Å². The lowest BCUT2D eigenvalue weighted by molar-refractivity contribution is 0.139. The van der Waals surface area contributed by atoms with E-state index in [2.05, 4.69) is 29.0 Å². The van der Waals surface area contributed by atoms with Gasteiger partial charge in [0.05, 0.1) is 0 Å². The van der Waals surface area contributed by atoms with E-state index in [9.17, 15) is 0 Å². The molecule has 4 nitrogen and oxygen atoms in total. The first-order chi connectivity index (χ1) is 9.74. The van der Waals surface area contributed by atoms with E-state index in [1.54, 1.807) is 7.11 Å². The smallest absolute Gasteiger partial charge is 0.185 e. The Balaban J connectivity index is 1.86. The summed E-state index contributed by atoms with van der Waals surface area (Å²) < 4.78 is 5.26. The molecule has 0 amide bonds. The van der Waals surface area contributed by atoms with Crippen molar-refractivity contribution in [1.29, 1.82) is 0 Å². The van der Waals surface area contributed by atoms with Crippen molar-refractivity contribution in [2.75, 3.05) is 38.3 Å². The van der Waals surface area contributed by atoms with Gasteiger partial charge in [-0.25, -0.2) is 4.98 Å². The minimum Gasteiger partial charge on any atom is -0.384 e. The number of methoxy groups -OCH3 is 1. The van der Waals surface area contributed by atoms with Gasteiger partial charge in [-0.3, -0.25) is 0 Å². The van der Waals surface area contributed by atoms with E-state index < -0.39 is 0 Å². The van der Waals surface area contributed by atoms with Gasteiger partial charge in [-0.1, -0.05) is 6.92 Å². The molecule has 1 saturated heterocycles. The number of hydrogen-bond donors (Lipinski definition) is 1. The molecule has 2 heterocycles. The van der Waals surface area contributed by atoms with Gasteiger partial charge < -0.3 is 15.0 Å². The quantitative estimate of drug-likeness (QED) is 0.839. The molecule has 0 aromatic carbocycles. The fourth-order valence-corrected chi connectivity index (χ4v) is 3.60. The van der Waals surface area contributed by atoms with Crippen LogP contribution in [0.1, 0.15) is 44.0 Å². The summed E-state index contributed by atoms with van der Waals surface area (Å²) in [4.78, 5) is 8.38. The van der Waals surface area contributed by atoms with Crippen LogP contribution in [0.25, 0.3) is 0 Å². The van der Waals surface area contributed by atoms with E-state index in [0.717, 1.165) is 32.2 Å². The Labute approximate surface area is 126 Å². The minimum absolute atomic E-state index is 0.409. The van der Waals surface area contributed by atoms with Crippen LogP contribution in [0.5, 0.6) is 0 Å². The molecule has 1 aromatic rings. The standard InChI is InChI=1S/C15H27N3OS/c1-4-7-16-12(2)14-10-17-15(20-14)18-8-5-13(6-9-18)11-19-3/h10,12-13,16H,4-9,11H2,1-3H3. The second kappa shape index (κ2) is 7.96. The zero-order valence-electron chi connectivity index (χ0n) is 12.9. The number of hydrogen-bond acceptors (Lipinski definition) is 5. The SMILES string of the molecule is CCCNC(C)c1cnc(N2CCC(COC)CC2)s1. The average Bonchev–Trinajstić information content (AvgIpc) is 2.96. The number of nitrogens with one attached hydrogen (secondary N) is 1. The molecule has 20 heavy (non-hydrogen) atoms. The molecule has 1 fully saturated rings. The number of anilines is 1. The molecule has 5 heteroatoms. The molecule has 1 aliphatic heterocycles. The summed E-state index contributed by atoms with van der Waals surface area (Å²) in [6, 6.07) is 0.409. The second-order valence-corrected chi connectivity index (χ2v) is 6.65. The highest BCUT2D eigenvalue weighted by molar-refractivity contribution is 7.15. The maximum atomic E-state index is 5.26. The van der Waals surface area contributed by atoms with Crippen molar-refractivity contribution in [3.05, 3.63) is 11.1 Å². The Hall–Kier alpha value is -0.650. The van der Waals surface area contributed by atoms with Crippen LogP contribution in [0.4, 0.5) is 5.13 Å². The Morgan fingerprint density at radius 2 is 2.25 bits per heavy atom. The molecule has 0 aliphatic carbocycles. The molecule has 1 aromatic heterocycles. The maximum absolute atomic E-state index is 5.26. The summed E-state index contributed by atoms with van der Waals surface area (Å²) in [5.41, 5.74) is 0. The molecule has 0 saturated carbocycles. The van der Waals surface area contributed by atoms with E-state index in [0.29, 0.717) is 6.04 Å². The van der Waals surface area contributed by atoms with E-state index in [4.69, 9.17) is 4.74 Å². The predicted octanol–water partition coefficient (Wildman–Crippen LogP) is 3.07. The molecule has 2 rings (SSSR count). The predicted molar refractivity (Wildman–Crippen MR) is 85.6 cm³/mol. The van der Waals surface area contributed by atoms with E-state index >= 15 is 0 Å². The van der Waals surface area contributed by atoms with Crippen molar-refractivity contribution in [2.45, 2.75) is 39.2 Å². The van der Waals surface area contributed by atoms with Crippen molar-refractivity contribution in [2.24, 2.45) is 5.92 Å². The zero-order valence-corrected chi connectivity index (χ0v) is 13.7. The van der Waals surface area contributed by atoms with Crippen LogP contribution in [0.3, 0.4) is 0 Å². The molecule has 114 valence electrons. The molecule has 0 radical (unpaired) electrons. The number of rotatable bonds is 7. The highest BCUT2D eigenvalue weighted by atomic mass is 32.1. The third-order valence-electron chi connectivity index (χ3n) is 3.93. The van der Waals surface area contributed by atoms with Crippen LogP contribution in [0, 0.1) is 5.92 Å². The lowest BCUT2D eigenvalue weighted by atomic mass is 9.98. The number of ether oxygens (including phenoxy) is 1. The normalized spacial score (nSPS) is 18.4. The van der Waals surface area contributed by atoms with Crippen LogP contribution >= 0.6 is 11.3 Å². The first-order valence-corrected chi connectivity index (χ1v) is 8.49. The lowest BCUT2D eigenvalue weighted by Gasteiger charge is -2.31. The van der Waals surface area contributed by atoms with Crippen LogP contribution in [-0.2, 0) is 4.74 Å². The molecule has 0 bridgehead atoms. The van der Waals surface area contributed by atoms with Crippen LogP contribution < -0.4 is 10.2 Å². The fourth-order valence-electron chi connectivity index (χ4n) is 2.61. The van der Waals surface area contributed by atoms with Gasteiger partial charge in [0.15, 0.2) is 5.13 Å². The average molecular weight is 297 g/mol. The third kappa shape index (κ3) is 4.17. The van der Waals surface area contributed by atoms with Crippen LogP contribution in [0.2, 0.25) is 0 Å². The van der Waals surface area contributed by atoms with Gasteiger partial charge in [0.25, 0.3) is 0 Å². The summed E-state index contributed by atoms with van der Waals surface area (Å²) in [6.07, 6.45) is 5.64. The molecular weight excluding hydrogens is 270 g/mol. The molecule has 0 spiro atoms. The molecule has 1 unspecified atom stereocenters. The van der Waals surface area contributed by atoms with Crippen molar-refractivity contribution < 1.29 is 4.74 Å². The monoisotopic (exact) mass is 297 g/mol. The Morgan fingerprint density at radius 3 is 2.90 bits per heavy atom. The summed E-state index contributed by atoms with van der Waals surface area (Å²) >= 11 is 1.83. The Morgan fingerprint density at radius 1 is 1.50 bits per heavy atom. The molecule has 1 aliphatic rings. The summed E-state index contributed by atoms with van der Waals surface area (Å²) in [5.74, 6) is 0.723. The van der Waals surface area contributed by atoms with Gasteiger partial charge in [0, 0.05) is 43.9 Å². The number of piperidine rings is 1. The maximum Gasteiger partial charge on any atom is 0.185 e.